The van der Waals surface area contributed by atoms with Gasteiger partial charge in [-0.3, -0.25) is 4.79 Å². The van der Waals surface area contributed by atoms with E-state index in [9.17, 15) is 4.79 Å². The summed E-state index contributed by atoms with van der Waals surface area (Å²) in [5, 5.41) is 0. The van der Waals surface area contributed by atoms with Crippen molar-refractivity contribution in [1.29, 1.82) is 0 Å². The minimum Gasteiger partial charge on any atom is -0.290 e. The monoisotopic (exact) mass is 197 g/mol. The molecule has 0 aliphatic heterocycles. The molecule has 0 unspecified atom stereocenters. The molecular formula is C13H11NO. The maximum atomic E-state index is 10.9. The molecule has 1 aliphatic rings. The van der Waals surface area contributed by atoms with Crippen molar-refractivity contribution >= 4 is 17.2 Å². The van der Waals surface area contributed by atoms with Crippen LogP contribution in [0.4, 0.5) is 5.69 Å². The molecular weight excluding hydrogens is 186 g/mol. The van der Waals surface area contributed by atoms with Gasteiger partial charge in [-0.15, -0.1) is 0 Å². The summed E-state index contributed by atoms with van der Waals surface area (Å²) in [6.45, 7) is 2.04. The zero-order valence-corrected chi connectivity index (χ0v) is 8.47. The van der Waals surface area contributed by atoms with Gasteiger partial charge in [-0.25, -0.2) is 4.99 Å². The first-order valence-corrected chi connectivity index (χ1v) is 4.79. The van der Waals surface area contributed by atoms with Crippen LogP contribution in [0.5, 0.6) is 0 Å². The number of hydrogen-bond donors (Lipinski definition) is 0. The molecule has 0 bridgehead atoms. The van der Waals surface area contributed by atoms with E-state index in [-0.39, 0.29) is 5.78 Å². The Morgan fingerprint density at radius 1 is 0.933 bits per heavy atom. The first kappa shape index (κ1) is 9.59. The highest BCUT2D eigenvalue weighted by Gasteiger charge is 1.99. The number of benzene rings is 1. The maximum Gasteiger partial charge on any atom is 0.178 e. The van der Waals surface area contributed by atoms with Crippen molar-refractivity contribution < 1.29 is 4.79 Å². The molecule has 1 aromatic rings. The number of aryl methyl sites for hydroxylation is 1. The van der Waals surface area contributed by atoms with Crippen LogP contribution in [-0.2, 0) is 4.79 Å². The Bertz CT molecular complexity index is 446. The van der Waals surface area contributed by atoms with Crippen molar-refractivity contribution in [2.75, 3.05) is 0 Å². The van der Waals surface area contributed by atoms with Gasteiger partial charge in [0.2, 0.25) is 0 Å². The van der Waals surface area contributed by atoms with Crippen molar-refractivity contribution in [2.24, 2.45) is 4.99 Å². The van der Waals surface area contributed by atoms with E-state index < -0.39 is 0 Å². The molecule has 0 radical (unpaired) electrons. The lowest BCUT2D eigenvalue weighted by atomic mass is 10.1. The Hall–Kier alpha value is -1.96. The summed E-state index contributed by atoms with van der Waals surface area (Å²) in [5.74, 6) is 0.0119. The summed E-state index contributed by atoms with van der Waals surface area (Å²) < 4.78 is 0. The Labute approximate surface area is 88.7 Å². The fourth-order valence-corrected chi connectivity index (χ4v) is 1.29. The zero-order chi connectivity index (χ0) is 10.7. The normalized spacial score (nSPS) is 14.5. The van der Waals surface area contributed by atoms with Gasteiger partial charge >= 0.3 is 0 Å². The second-order valence-corrected chi connectivity index (χ2v) is 3.44. The van der Waals surface area contributed by atoms with Crippen molar-refractivity contribution in [3.05, 3.63) is 54.1 Å². The summed E-state index contributed by atoms with van der Waals surface area (Å²) >= 11 is 0. The highest BCUT2D eigenvalue weighted by atomic mass is 16.1. The Morgan fingerprint density at radius 2 is 1.53 bits per heavy atom. The van der Waals surface area contributed by atoms with Crippen LogP contribution in [-0.4, -0.2) is 11.5 Å². The highest BCUT2D eigenvalue weighted by Crippen LogP contribution is 2.13. The van der Waals surface area contributed by atoms with Crippen LogP contribution >= 0.6 is 0 Å². The van der Waals surface area contributed by atoms with E-state index in [1.54, 1.807) is 12.2 Å². The molecule has 0 heterocycles. The molecule has 74 valence electrons. The number of rotatable bonds is 1. The molecule has 2 heteroatoms. The van der Waals surface area contributed by atoms with Crippen molar-refractivity contribution in [2.45, 2.75) is 6.92 Å². The first-order valence-electron chi connectivity index (χ1n) is 4.79. The van der Waals surface area contributed by atoms with Crippen molar-refractivity contribution in [3.8, 4) is 0 Å². The molecule has 15 heavy (non-hydrogen) atoms. The van der Waals surface area contributed by atoms with E-state index in [2.05, 4.69) is 4.99 Å². The number of carbonyl (C=O) groups excluding carboxylic acids is 1. The second-order valence-electron chi connectivity index (χ2n) is 3.44. The van der Waals surface area contributed by atoms with Gasteiger partial charge in [0.15, 0.2) is 5.78 Å². The van der Waals surface area contributed by atoms with Crippen molar-refractivity contribution in [3.63, 3.8) is 0 Å². The van der Waals surface area contributed by atoms with E-state index in [1.165, 1.54) is 17.7 Å². The van der Waals surface area contributed by atoms with Crippen LogP contribution in [0, 0.1) is 6.92 Å². The quantitative estimate of drug-likeness (QED) is 0.636. The number of aliphatic imine (C=N–C) groups is 1. The Morgan fingerprint density at radius 3 is 2.13 bits per heavy atom. The lowest BCUT2D eigenvalue weighted by molar-refractivity contribution is -0.110. The summed E-state index contributed by atoms with van der Waals surface area (Å²) in [7, 11) is 0. The summed E-state index contributed by atoms with van der Waals surface area (Å²) in [5.41, 5.74) is 2.92. The third-order valence-electron chi connectivity index (χ3n) is 2.13. The fraction of sp³-hybridized carbons (Fsp3) is 0.0769. The zero-order valence-electron chi connectivity index (χ0n) is 8.47. The molecule has 0 fully saturated rings. The topological polar surface area (TPSA) is 29.4 Å². The Kier molecular flexibility index (Phi) is 2.59. The third kappa shape index (κ3) is 2.50. The summed E-state index contributed by atoms with van der Waals surface area (Å²) in [6.07, 6.45) is 6.49. The van der Waals surface area contributed by atoms with E-state index in [0.717, 1.165) is 11.4 Å². The lowest BCUT2D eigenvalue weighted by Crippen LogP contribution is -1.98. The first-order chi connectivity index (χ1) is 7.24. The standard InChI is InChI=1S/C13H11NO/c1-10-2-4-11(5-3-10)14-12-6-8-13(15)9-7-12/h2-9H,1H3. The van der Waals surface area contributed by atoms with Gasteiger partial charge in [-0.2, -0.15) is 0 Å². The predicted octanol–water partition coefficient (Wildman–Crippen LogP) is 2.76. The largest absolute Gasteiger partial charge is 0.290 e. The fourth-order valence-electron chi connectivity index (χ4n) is 1.29. The predicted molar refractivity (Wildman–Crippen MR) is 61.6 cm³/mol. The van der Waals surface area contributed by atoms with Crippen LogP contribution in [0.3, 0.4) is 0 Å². The van der Waals surface area contributed by atoms with Crippen LogP contribution in [0.15, 0.2) is 53.6 Å². The van der Waals surface area contributed by atoms with Crippen LogP contribution in [0.1, 0.15) is 5.56 Å². The average Bonchev–Trinajstić information content (AvgIpc) is 2.25. The van der Waals surface area contributed by atoms with Crippen LogP contribution < -0.4 is 0 Å². The van der Waals surface area contributed by atoms with E-state index in [0.29, 0.717) is 0 Å². The summed E-state index contributed by atoms with van der Waals surface area (Å²) in [4.78, 5) is 15.3. The lowest BCUT2D eigenvalue weighted by Gasteiger charge is -1.99. The third-order valence-corrected chi connectivity index (χ3v) is 2.13. The molecule has 0 amide bonds. The molecule has 1 aromatic carbocycles. The number of nitrogens with zero attached hydrogens (tertiary/aromatic N) is 1. The molecule has 0 saturated heterocycles. The number of carbonyl (C=O) groups is 1. The molecule has 0 atom stereocenters. The molecule has 2 nitrogen and oxygen atoms in total. The average molecular weight is 197 g/mol. The molecule has 0 spiro atoms. The maximum absolute atomic E-state index is 10.9. The number of hydrogen-bond acceptors (Lipinski definition) is 2. The number of allylic oxidation sites excluding steroid dienone is 4. The van der Waals surface area contributed by atoms with Gasteiger partial charge in [0, 0.05) is 0 Å². The van der Waals surface area contributed by atoms with Crippen molar-refractivity contribution in [1.82, 2.24) is 0 Å². The molecule has 0 aromatic heterocycles. The molecule has 0 N–H and O–H groups in total. The van der Waals surface area contributed by atoms with Crippen LogP contribution in [0.2, 0.25) is 0 Å². The smallest absolute Gasteiger partial charge is 0.178 e. The van der Waals surface area contributed by atoms with Gasteiger partial charge in [0.05, 0.1) is 11.4 Å². The van der Waals surface area contributed by atoms with Gasteiger partial charge < -0.3 is 0 Å². The SMILES string of the molecule is Cc1ccc(N=C2C=CC(=O)C=C2)cc1. The van der Waals surface area contributed by atoms with Gasteiger partial charge in [0.25, 0.3) is 0 Å². The minimum absolute atomic E-state index is 0.0119. The Balaban J connectivity index is 2.24. The van der Waals surface area contributed by atoms with E-state index >= 15 is 0 Å². The van der Waals surface area contributed by atoms with E-state index in [1.807, 2.05) is 31.2 Å². The minimum atomic E-state index is 0.0119. The highest BCUT2D eigenvalue weighted by molar-refractivity contribution is 6.17. The molecule has 0 saturated carbocycles. The van der Waals surface area contributed by atoms with Gasteiger partial charge in [-0.05, 0) is 43.4 Å². The second kappa shape index (κ2) is 4.05. The number of ketones is 1. The van der Waals surface area contributed by atoms with Gasteiger partial charge in [-0.1, -0.05) is 17.7 Å². The van der Waals surface area contributed by atoms with E-state index in [4.69, 9.17) is 0 Å². The summed E-state index contributed by atoms with van der Waals surface area (Å²) in [6, 6.07) is 7.95. The molecule has 1 aliphatic carbocycles. The van der Waals surface area contributed by atoms with Crippen LogP contribution in [0.25, 0.3) is 0 Å². The van der Waals surface area contributed by atoms with Gasteiger partial charge in [0.1, 0.15) is 0 Å². The molecule has 2 rings (SSSR count).